The Labute approximate surface area is 128 Å². The maximum Gasteiger partial charge on any atom is 0.161 e. The first kappa shape index (κ1) is 14.0. The summed E-state index contributed by atoms with van der Waals surface area (Å²) < 4.78 is 0. The maximum absolute atomic E-state index is 12.3. The Bertz CT molecular complexity index is 496. The predicted octanol–water partition coefficient (Wildman–Crippen LogP) is 3.74. The molecule has 0 aromatic heterocycles. The van der Waals surface area contributed by atoms with E-state index in [2.05, 4.69) is 19.9 Å². The number of carbonyl (C=O) groups is 1. The molecule has 0 aromatic carbocycles. The highest BCUT2D eigenvalue weighted by molar-refractivity contribution is 5.97. The van der Waals surface area contributed by atoms with Gasteiger partial charge in [0.15, 0.2) is 5.78 Å². The van der Waals surface area contributed by atoms with E-state index in [1.807, 2.05) is 6.08 Å². The van der Waals surface area contributed by atoms with E-state index in [9.17, 15) is 9.90 Å². The summed E-state index contributed by atoms with van der Waals surface area (Å²) in [6, 6.07) is 0. The summed E-state index contributed by atoms with van der Waals surface area (Å²) in [5.41, 5.74) is 0.307. The number of aliphatic hydroxyl groups excluding tert-OH is 1. The maximum atomic E-state index is 12.3. The lowest BCUT2D eigenvalue weighted by atomic mass is 9.45. The molecule has 0 aromatic rings. The highest BCUT2D eigenvalue weighted by Crippen LogP contribution is 2.64. The van der Waals surface area contributed by atoms with Crippen LogP contribution in [-0.2, 0) is 4.79 Å². The highest BCUT2D eigenvalue weighted by Gasteiger charge is 2.58. The van der Waals surface area contributed by atoms with Crippen molar-refractivity contribution in [2.24, 2.45) is 34.5 Å². The molecule has 116 valence electrons. The molecular formula is C19H28O2. The van der Waals surface area contributed by atoms with Gasteiger partial charge in [-0.05, 0) is 80.1 Å². The van der Waals surface area contributed by atoms with Crippen LogP contribution in [0.2, 0.25) is 0 Å². The van der Waals surface area contributed by atoms with Crippen LogP contribution in [0.1, 0.15) is 58.8 Å². The smallest absolute Gasteiger partial charge is 0.161 e. The van der Waals surface area contributed by atoms with Gasteiger partial charge in [-0.25, -0.2) is 0 Å². The van der Waals surface area contributed by atoms with E-state index in [0.717, 1.165) is 25.2 Å². The van der Waals surface area contributed by atoms with Gasteiger partial charge in [-0.3, -0.25) is 4.79 Å². The van der Waals surface area contributed by atoms with Gasteiger partial charge in [0.05, 0.1) is 6.10 Å². The summed E-state index contributed by atoms with van der Waals surface area (Å²) in [7, 11) is 0. The average molecular weight is 288 g/mol. The van der Waals surface area contributed by atoms with Gasteiger partial charge < -0.3 is 5.11 Å². The first-order chi connectivity index (χ1) is 9.95. The molecule has 0 bridgehead atoms. The number of allylic oxidation sites excluding steroid dienone is 2. The first-order valence-corrected chi connectivity index (χ1v) is 8.86. The Morgan fingerprint density at radius 2 is 1.95 bits per heavy atom. The van der Waals surface area contributed by atoms with Crippen LogP contribution in [0.5, 0.6) is 0 Å². The molecule has 4 aliphatic rings. The minimum atomic E-state index is -0.0987. The second kappa shape index (κ2) is 4.44. The van der Waals surface area contributed by atoms with E-state index >= 15 is 0 Å². The van der Waals surface area contributed by atoms with Crippen LogP contribution in [0.3, 0.4) is 0 Å². The fraction of sp³-hybridized carbons (Fsp3) is 0.842. The van der Waals surface area contributed by atoms with Crippen LogP contribution >= 0.6 is 0 Å². The van der Waals surface area contributed by atoms with Gasteiger partial charge in [0.2, 0.25) is 0 Å². The van der Waals surface area contributed by atoms with Gasteiger partial charge in [-0.15, -0.1) is 0 Å². The predicted molar refractivity (Wildman–Crippen MR) is 82.6 cm³/mol. The molecule has 3 saturated carbocycles. The summed E-state index contributed by atoms with van der Waals surface area (Å²) in [6.07, 6.45) is 12.0. The largest absolute Gasteiger partial charge is 0.393 e. The number of hydrogen-bond acceptors (Lipinski definition) is 2. The van der Waals surface area contributed by atoms with E-state index in [1.54, 1.807) is 0 Å². The van der Waals surface area contributed by atoms with E-state index in [4.69, 9.17) is 0 Å². The lowest BCUT2D eigenvalue weighted by Crippen LogP contribution is -2.54. The van der Waals surface area contributed by atoms with Crippen molar-refractivity contribution in [1.82, 2.24) is 0 Å². The van der Waals surface area contributed by atoms with Crippen molar-refractivity contribution in [3.05, 3.63) is 12.2 Å². The third-order valence-electron chi connectivity index (χ3n) is 7.91. The van der Waals surface area contributed by atoms with Crippen LogP contribution in [0.25, 0.3) is 0 Å². The zero-order valence-corrected chi connectivity index (χ0v) is 13.3. The molecule has 1 N–H and O–H groups in total. The topological polar surface area (TPSA) is 37.3 Å². The summed E-state index contributed by atoms with van der Waals surface area (Å²) in [6.45, 7) is 4.69. The fourth-order valence-electron chi connectivity index (χ4n) is 6.51. The zero-order chi connectivity index (χ0) is 14.8. The quantitative estimate of drug-likeness (QED) is 0.737. The third-order valence-corrected chi connectivity index (χ3v) is 7.91. The average Bonchev–Trinajstić information content (AvgIpc) is 2.76. The molecule has 3 fully saturated rings. The number of aliphatic hydroxyl groups is 1. The molecule has 21 heavy (non-hydrogen) atoms. The van der Waals surface area contributed by atoms with E-state index < -0.39 is 0 Å². The van der Waals surface area contributed by atoms with Crippen LogP contribution in [0, 0.1) is 34.5 Å². The second-order valence-corrected chi connectivity index (χ2v) is 8.68. The van der Waals surface area contributed by atoms with Gasteiger partial charge in [-0.2, -0.15) is 0 Å². The highest BCUT2D eigenvalue weighted by atomic mass is 16.3. The lowest BCUT2D eigenvalue weighted by Gasteiger charge is -2.59. The van der Waals surface area contributed by atoms with Crippen molar-refractivity contribution in [3.63, 3.8) is 0 Å². The van der Waals surface area contributed by atoms with E-state index in [1.165, 1.54) is 25.7 Å². The van der Waals surface area contributed by atoms with E-state index in [-0.39, 0.29) is 11.5 Å². The Kier molecular flexibility index (Phi) is 2.96. The molecule has 0 aliphatic heterocycles. The molecular weight excluding hydrogens is 260 g/mol. The molecule has 7 atom stereocenters. The van der Waals surface area contributed by atoms with Gasteiger partial charge in [0.25, 0.3) is 0 Å². The van der Waals surface area contributed by atoms with Crippen molar-refractivity contribution in [3.8, 4) is 0 Å². The van der Waals surface area contributed by atoms with E-state index in [0.29, 0.717) is 29.0 Å². The van der Waals surface area contributed by atoms with Gasteiger partial charge in [-0.1, -0.05) is 19.9 Å². The second-order valence-electron chi connectivity index (χ2n) is 8.68. The first-order valence-electron chi connectivity index (χ1n) is 8.86. The molecule has 2 nitrogen and oxygen atoms in total. The van der Waals surface area contributed by atoms with Crippen molar-refractivity contribution in [2.75, 3.05) is 0 Å². The minimum absolute atomic E-state index is 0.0681. The number of rotatable bonds is 0. The molecule has 0 saturated heterocycles. The number of carbonyl (C=O) groups excluding carboxylic acids is 1. The molecule has 0 radical (unpaired) electrons. The SMILES string of the molecule is C[C@]12CCC(O)CC1CC[C@@H]1[C@@H]2CC[C@]2(C)C(=O)C=C[C@@H]12. The van der Waals surface area contributed by atoms with Crippen molar-refractivity contribution < 1.29 is 9.90 Å². The standard InChI is InChI=1S/C19H28O2/c1-18-9-7-13(20)11-12(18)3-4-14-15-5-6-17(21)19(15,2)10-8-16(14)18/h5-6,12-16,20H,3-4,7-11H2,1-2H3/t12?,13?,14-,15-,16-,18-,19-/m0/s1. The Morgan fingerprint density at radius 1 is 1.14 bits per heavy atom. The molecule has 0 amide bonds. The molecule has 2 unspecified atom stereocenters. The summed E-state index contributed by atoms with van der Waals surface area (Å²) in [5.74, 6) is 3.01. The van der Waals surface area contributed by atoms with Crippen LogP contribution in [0.15, 0.2) is 12.2 Å². The zero-order valence-electron chi connectivity index (χ0n) is 13.3. The number of hydrogen-bond donors (Lipinski definition) is 1. The summed E-state index contributed by atoms with van der Waals surface area (Å²) in [5, 5.41) is 10.0. The Hall–Kier alpha value is -0.630. The van der Waals surface area contributed by atoms with Gasteiger partial charge >= 0.3 is 0 Å². The Morgan fingerprint density at radius 3 is 2.76 bits per heavy atom. The number of ketones is 1. The normalized spacial score (nSPS) is 55.8. The Balaban J connectivity index is 1.65. The molecule has 0 spiro atoms. The van der Waals surface area contributed by atoms with Crippen molar-refractivity contribution in [2.45, 2.75) is 64.9 Å². The molecule has 4 rings (SSSR count). The third kappa shape index (κ3) is 1.78. The van der Waals surface area contributed by atoms with Crippen LogP contribution in [-0.4, -0.2) is 17.0 Å². The van der Waals surface area contributed by atoms with Gasteiger partial charge in [0.1, 0.15) is 0 Å². The lowest BCUT2D eigenvalue weighted by molar-refractivity contribution is -0.139. The van der Waals surface area contributed by atoms with Gasteiger partial charge in [0, 0.05) is 5.41 Å². The molecule has 4 aliphatic carbocycles. The minimum Gasteiger partial charge on any atom is -0.393 e. The molecule has 0 heterocycles. The van der Waals surface area contributed by atoms with Crippen LogP contribution < -0.4 is 0 Å². The molecule has 2 heteroatoms. The summed E-state index contributed by atoms with van der Waals surface area (Å²) >= 11 is 0. The monoisotopic (exact) mass is 288 g/mol. The van der Waals surface area contributed by atoms with Crippen LogP contribution in [0.4, 0.5) is 0 Å². The van der Waals surface area contributed by atoms with Crippen molar-refractivity contribution >= 4 is 5.78 Å². The number of fused-ring (bicyclic) bond motifs is 5. The van der Waals surface area contributed by atoms with Crippen molar-refractivity contribution in [1.29, 1.82) is 0 Å². The summed E-state index contributed by atoms with van der Waals surface area (Å²) in [4.78, 5) is 12.3. The fourth-order valence-corrected chi connectivity index (χ4v) is 6.51.